The Morgan fingerprint density at radius 1 is 1.19 bits per heavy atom. The number of carbonyl (C=O) groups excluding carboxylic acids is 3. The summed E-state index contributed by atoms with van der Waals surface area (Å²) in [7, 11) is 0. The number of aryl methyl sites for hydroxylation is 1. The predicted molar refractivity (Wildman–Crippen MR) is 98.4 cm³/mol. The summed E-state index contributed by atoms with van der Waals surface area (Å²) in [5.41, 5.74) is 3.51. The van der Waals surface area contributed by atoms with Gasteiger partial charge in [0.1, 0.15) is 0 Å². The standard InChI is InChI=1S/C20H23N3O4/c1-3-27-20(26)19-15-12-23(11-10-16(15)21-22-19)18(25)9-8-17(24)14-6-4-13(2)5-7-14/h4-7H,3,8-12H2,1-2H3,(H,21,22). The Morgan fingerprint density at radius 2 is 1.93 bits per heavy atom. The van der Waals surface area contributed by atoms with Crippen molar-refractivity contribution in [1.29, 1.82) is 0 Å². The fraction of sp³-hybridized carbons (Fsp3) is 0.400. The van der Waals surface area contributed by atoms with Crippen LogP contribution >= 0.6 is 0 Å². The van der Waals surface area contributed by atoms with Gasteiger partial charge in [0.2, 0.25) is 5.91 Å². The molecule has 1 N–H and O–H groups in total. The van der Waals surface area contributed by atoms with E-state index in [9.17, 15) is 14.4 Å². The smallest absolute Gasteiger partial charge is 0.359 e. The van der Waals surface area contributed by atoms with E-state index in [0.29, 0.717) is 30.6 Å². The number of carbonyl (C=O) groups is 3. The van der Waals surface area contributed by atoms with Gasteiger partial charge in [-0.3, -0.25) is 14.7 Å². The number of amides is 1. The summed E-state index contributed by atoms with van der Waals surface area (Å²) in [6.07, 6.45) is 0.912. The van der Waals surface area contributed by atoms with Gasteiger partial charge in [0.15, 0.2) is 11.5 Å². The van der Waals surface area contributed by atoms with Gasteiger partial charge in [0.05, 0.1) is 6.61 Å². The number of hydrogen-bond donors (Lipinski definition) is 1. The first-order valence-corrected chi connectivity index (χ1v) is 9.10. The van der Waals surface area contributed by atoms with E-state index in [4.69, 9.17) is 4.74 Å². The molecule has 2 heterocycles. The van der Waals surface area contributed by atoms with Crippen molar-refractivity contribution in [3.8, 4) is 0 Å². The number of rotatable bonds is 6. The van der Waals surface area contributed by atoms with Crippen LogP contribution in [0.15, 0.2) is 24.3 Å². The third-order valence-corrected chi connectivity index (χ3v) is 4.69. The molecule has 0 radical (unpaired) electrons. The molecule has 1 aliphatic heterocycles. The lowest BCUT2D eigenvalue weighted by atomic mass is 10.0. The summed E-state index contributed by atoms with van der Waals surface area (Å²) in [4.78, 5) is 38.5. The molecule has 0 spiro atoms. The molecule has 3 rings (SSSR count). The zero-order valence-electron chi connectivity index (χ0n) is 15.6. The molecule has 0 aliphatic carbocycles. The van der Waals surface area contributed by atoms with E-state index in [1.165, 1.54) is 0 Å². The molecule has 0 unspecified atom stereocenters. The maximum absolute atomic E-state index is 12.6. The van der Waals surface area contributed by atoms with E-state index < -0.39 is 5.97 Å². The molecule has 2 aromatic rings. The number of hydrogen-bond acceptors (Lipinski definition) is 5. The first-order chi connectivity index (χ1) is 13.0. The molecular weight excluding hydrogens is 346 g/mol. The molecule has 0 bridgehead atoms. The molecule has 142 valence electrons. The van der Waals surface area contributed by atoms with E-state index >= 15 is 0 Å². The van der Waals surface area contributed by atoms with Crippen LogP contribution < -0.4 is 0 Å². The largest absolute Gasteiger partial charge is 0.461 e. The van der Waals surface area contributed by atoms with Gasteiger partial charge < -0.3 is 9.64 Å². The van der Waals surface area contributed by atoms with Crippen LogP contribution in [0.4, 0.5) is 0 Å². The molecular formula is C20H23N3O4. The SMILES string of the molecule is CCOC(=O)c1n[nH]c2c1CN(C(=O)CCC(=O)c1ccc(C)cc1)CC2. The van der Waals surface area contributed by atoms with E-state index in [2.05, 4.69) is 10.2 Å². The number of H-pyrrole nitrogens is 1. The number of fused-ring (bicyclic) bond motifs is 1. The van der Waals surface area contributed by atoms with E-state index in [1.807, 2.05) is 19.1 Å². The maximum Gasteiger partial charge on any atom is 0.359 e. The lowest BCUT2D eigenvalue weighted by Crippen LogP contribution is -2.36. The fourth-order valence-electron chi connectivity index (χ4n) is 3.14. The Kier molecular flexibility index (Phi) is 5.69. The van der Waals surface area contributed by atoms with Gasteiger partial charge in [-0.2, -0.15) is 5.10 Å². The van der Waals surface area contributed by atoms with Gasteiger partial charge in [0.25, 0.3) is 0 Å². The number of aromatic amines is 1. The summed E-state index contributed by atoms with van der Waals surface area (Å²) in [6.45, 7) is 4.80. The number of nitrogens with zero attached hydrogens (tertiary/aromatic N) is 2. The highest BCUT2D eigenvalue weighted by molar-refractivity contribution is 5.98. The highest BCUT2D eigenvalue weighted by Gasteiger charge is 2.28. The third kappa shape index (κ3) is 4.24. The van der Waals surface area contributed by atoms with Crippen molar-refractivity contribution in [3.05, 3.63) is 52.3 Å². The van der Waals surface area contributed by atoms with Crippen LogP contribution in [0, 0.1) is 6.92 Å². The zero-order chi connectivity index (χ0) is 19.4. The van der Waals surface area contributed by atoms with Crippen molar-refractivity contribution in [2.45, 2.75) is 39.7 Å². The van der Waals surface area contributed by atoms with Crippen LogP contribution in [0.3, 0.4) is 0 Å². The number of Topliss-reactive ketones (excluding diaryl/α,β-unsaturated/α-hetero) is 1. The summed E-state index contributed by atoms with van der Waals surface area (Å²) >= 11 is 0. The van der Waals surface area contributed by atoms with Crippen molar-refractivity contribution in [3.63, 3.8) is 0 Å². The molecule has 1 aliphatic rings. The molecule has 0 saturated heterocycles. The Bertz CT molecular complexity index is 855. The average Bonchev–Trinajstić information content (AvgIpc) is 3.10. The minimum atomic E-state index is -0.487. The highest BCUT2D eigenvalue weighted by atomic mass is 16.5. The number of ketones is 1. The Labute approximate surface area is 157 Å². The second-order valence-electron chi connectivity index (χ2n) is 6.60. The lowest BCUT2D eigenvalue weighted by molar-refractivity contribution is -0.132. The van der Waals surface area contributed by atoms with E-state index in [-0.39, 0.29) is 36.8 Å². The van der Waals surface area contributed by atoms with Crippen LogP contribution in [-0.4, -0.2) is 45.9 Å². The number of nitrogens with one attached hydrogen (secondary N) is 1. The quantitative estimate of drug-likeness (QED) is 0.624. The van der Waals surface area contributed by atoms with Gasteiger partial charge >= 0.3 is 5.97 Å². The molecule has 1 aromatic heterocycles. The number of ether oxygens (including phenoxy) is 1. The fourth-order valence-corrected chi connectivity index (χ4v) is 3.14. The van der Waals surface area contributed by atoms with Crippen molar-refractivity contribution in [2.75, 3.05) is 13.2 Å². The molecule has 1 aromatic carbocycles. The third-order valence-electron chi connectivity index (χ3n) is 4.69. The Hall–Kier alpha value is -2.96. The van der Waals surface area contributed by atoms with Gasteiger partial charge in [-0.15, -0.1) is 0 Å². The Morgan fingerprint density at radius 3 is 2.63 bits per heavy atom. The number of benzene rings is 1. The van der Waals surface area contributed by atoms with Crippen molar-refractivity contribution >= 4 is 17.7 Å². The van der Waals surface area contributed by atoms with Crippen LogP contribution in [-0.2, 0) is 22.5 Å². The predicted octanol–water partition coefficient (Wildman–Crippen LogP) is 2.44. The van der Waals surface area contributed by atoms with Crippen LogP contribution in [0.25, 0.3) is 0 Å². The number of aromatic nitrogens is 2. The van der Waals surface area contributed by atoms with Crippen molar-refractivity contribution in [2.24, 2.45) is 0 Å². The summed E-state index contributed by atoms with van der Waals surface area (Å²) < 4.78 is 5.01. The monoisotopic (exact) mass is 369 g/mol. The normalized spacial score (nSPS) is 13.2. The van der Waals surface area contributed by atoms with Crippen molar-refractivity contribution < 1.29 is 19.1 Å². The number of esters is 1. The maximum atomic E-state index is 12.6. The summed E-state index contributed by atoms with van der Waals surface area (Å²) in [5.74, 6) is -0.632. The van der Waals surface area contributed by atoms with E-state index in [1.54, 1.807) is 24.0 Å². The molecule has 0 atom stereocenters. The molecule has 0 saturated carbocycles. The molecule has 7 heteroatoms. The molecule has 27 heavy (non-hydrogen) atoms. The second-order valence-corrected chi connectivity index (χ2v) is 6.60. The van der Waals surface area contributed by atoms with Crippen LogP contribution in [0.2, 0.25) is 0 Å². The lowest BCUT2D eigenvalue weighted by Gasteiger charge is -2.27. The first-order valence-electron chi connectivity index (χ1n) is 9.10. The Balaban J connectivity index is 1.60. The zero-order valence-corrected chi connectivity index (χ0v) is 15.6. The molecule has 0 fully saturated rings. The minimum Gasteiger partial charge on any atom is -0.461 e. The topological polar surface area (TPSA) is 92.4 Å². The van der Waals surface area contributed by atoms with Gasteiger partial charge in [-0.05, 0) is 13.8 Å². The van der Waals surface area contributed by atoms with Crippen LogP contribution in [0.5, 0.6) is 0 Å². The van der Waals surface area contributed by atoms with Gasteiger partial charge in [-0.1, -0.05) is 29.8 Å². The van der Waals surface area contributed by atoms with Gasteiger partial charge in [-0.25, -0.2) is 4.79 Å². The molecule has 7 nitrogen and oxygen atoms in total. The minimum absolute atomic E-state index is 0.0448. The average molecular weight is 369 g/mol. The van der Waals surface area contributed by atoms with Crippen molar-refractivity contribution in [1.82, 2.24) is 15.1 Å². The highest BCUT2D eigenvalue weighted by Crippen LogP contribution is 2.22. The molecule has 1 amide bonds. The summed E-state index contributed by atoms with van der Waals surface area (Å²) in [5, 5.41) is 6.90. The summed E-state index contributed by atoms with van der Waals surface area (Å²) in [6, 6.07) is 7.34. The van der Waals surface area contributed by atoms with Crippen LogP contribution in [0.1, 0.15) is 57.4 Å². The second kappa shape index (κ2) is 8.16. The van der Waals surface area contributed by atoms with E-state index in [0.717, 1.165) is 11.3 Å². The van der Waals surface area contributed by atoms with Gasteiger partial charge in [0, 0.05) is 49.2 Å². The first kappa shape index (κ1) is 18.8.